The molecule has 1 aromatic carbocycles. The zero-order valence-electron chi connectivity index (χ0n) is 7.62. The van der Waals surface area contributed by atoms with Crippen molar-refractivity contribution in [2.45, 2.75) is 6.61 Å². The van der Waals surface area contributed by atoms with Gasteiger partial charge in [-0.2, -0.15) is 0 Å². The first-order chi connectivity index (χ1) is 7.04. The van der Waals surface area contributed by atoms with Crippen molar-refractivity contribution in [1.82, 2.24) is 0 Å². The molecule has 4 N–H and O–H groups in total. The highest BCUT2D eigenvalue weighted by molar-refractivity contribution is 6.33. The van der Waals surface area contributed by atoms with Crippen LogP contribution in [0.15, 0.2) is 18.2 Å². The van der Waals surface area contributed by atoms with E-state index in [0.29, 0.717) is 0 Å². The predicted octanol–water partition coefficient (Wildman–Crippen LogP) is -0.775. The van der Waals surface area contributed by atoms with Crippen LogP contribution in [0, 0.1) is 0 Å². The first kappa shape index (κ1) is 11.5. The van der Waals surface area contributed by atoms with E-state index in [-0.39, 0.29) is 23.5 Å². The third-order valence-electron chi connectivity index (χ3n) is 1.72. The van der Waals surface area contributed by atoms with E-state index < -0.39 is 13.3 Å². The Morgan fingerprint density at radius 1 is 1.40 bits per heavy atom. The minimum Gasteiger partial charge on any atom is -0.512 e. The molecular formula is C8H9BO6. The average Bonchev–Trinajstić information content (AvgIpc) is 2.16. The molecule has 6 nitrogen and oxygen atoms in total. The summed E-state index contributed by atoms with van der Waals surface area (Å²) in [6.45, 7) is -0.387. The smallest absolute Gasteiger partial charge is 0.512 e. The summed E-state index contributed by atoms with van der Waals surface area (Å²) in [4.78, 5) is 10.6. The Balaban J connectivity index is 3.07. The Bertz CT molecular complexity index is 364. The SMILES string of the molecule is O=C(O)c1ccc(CO)c(OB(O)O)c1. The maximum absolute atomic E-state index is 10.6. The Hall–Kier alpha value is -1.57. The van der Waals surface area contributed by atoms with Gasteiger partial charge in [0.05, 0.1) is 12.2 Å². The van der Waals surface area contributed by atoms with Gasteiger partial charge in [0.2, 0.25) is 0 Å². The van der Waals surface area contributed by atoms with Gasteiger partial charge in [0, 0.05) is 5.56 Å². The molecule has 1 aromatic rings. The summed E-state index contributed by atoms with van der Waals surface area (Å²) in [6.07, 6.45) is 0. The fraction of sp³-hybridized carbons (Fsp3) is 0.125. The second-order valence-electron chi connectivity index (χ2n) is 2.73. The number of benzene rings is 1. The molecule has 15 heavy (non-hydrogen) atoms. The highest BCUT2D eigenvalue weighted by Crippen LogP contribution is 2.20. The molecule has 0 bridgehead atoms. The van der Waals surface area contributed by atoms with Gasteiger partial charge in [0.25, 0.3) is 0 Å². The third kappa shape index (κ3) is 2.95. The quantitative estimate of drug-likeness (QED) is 0.488. The van der Waals surface area contributed by atoms with E-state index in [1.54, 1.807) is 0 Å². The zero-order chi connectivity index (χ0) is 11.4. The van der Waals surface area contributed by atoms with E-state index in [1.165, 1.54) is 12.1 Å². The third-order valence-corrected chi connectivity index (χ3v) is 1.72. The summed E-state index contributed by atoms with van der Waals surface area (Å²) < 4.78 is 4.51. The number of hydrogen-bond donors (Lipinski definition) is 4. The van der Waals surface area contributed by atoms with Gasteiger partial charge in [-0.15, -0.1) is 0 Å². The van der Waals surface area contributed by atoms with Crippen LogP contribution in [0.5, 0.6) is 5.75 Å². The standard InChI is InChI=1S/C8H9BO6/c10-4-6-2-1-5(8(11)12)3-7(6)15-9(13)14/h1-3,10,13-14H,4H2,(H,11,12). The maximum atomic E-state index is 10.6. The van der Waals surface area contributed by atoms with Crippen LogP contribution in [0.2, 0.25) is 0 Å². The summed E-state index contributed by atoms with van der Waals surface area (Å²) in [7, 11) is -2.06. The van der Waals surface area contributed by atoms with Crippen LogP contribution in [0.4, 0.5) is 0 Å². The van der Waals surface area contributed by atoms with Crippen LogP contribution in [0.1, 0.15) is 15.9 Å². The molecule has 0 aliphatic rings. The monoisotopic (exact) mass is 212 g/mol. The number of aliphatic hydroxyl groups excluding tert-OH is 1. The first-order valence-electron chi connectivity index (χ1n) is 4.04. The van der Waals surface area contributed by atoms with Crippen molar-refractivity contribution >= 4 is 13.3 Å². The van der Waals surface area contributed by atoms with E-state index in [2.05, 4.69) is 4.65 Å². The van der Waals surface area contributed by atoms with Crippen molar-refractivity contribution in [3.63, 3.8) is 0 Å². The summed E-state index contributed by atoms with van der Waals surface area (Å²) in [6, 6.07) is 3.72. The molecule has 1 rings (SSSR count). The van der Waals surface area contributed by atoms with Gasteiger partial charge >= 0.3 is 13.3 Å². The molecule has 0 aliphatic carbocycles. The molecule has 0 heterocycles. The van der Waals surface area contributed by atoms with Gasteiger partial charge < -0.3 is 24.9 Å². The lowest BCUT2D eigenvalue weighted by Crippen LogP contribution is -2.21. The average molecular weight is 212 g/mol. The van der Waals surface area contributed by atoms with Crippen molar-refractivity contribution in [3.05, 3.63) is 29.3 Å². The van der Waals surface area contributed by atoms with Crippen LogP contribution in [0.3, 0.4) is 0 Å². The molecule has 0 fully saturated rings. The Kier molecular flexibility index (Phi) is 3.67. The Labute approximate surface area is 85.5 Å². The van der Waals surface area contributed by atoms with Gasteiger partial charge in [-0.1, -0.05) is 6.07 Å². The number of carbonyl (C=O) groups is 1. The number of hydrogen-bond acceptors (Lipinski definition) is 5. The number of carboxylic acids is 1. The van der Waals surface area contributed by atoms with Crippen LogP contribution in [-0.2, 0) is 6.61 Å². The predicted molar refractivity (Wildman–Crippen MR) is 50.1 cm³/mol. The number of rotatable bonds is 4. The van der Waals surface area contributed by atoms with E-state index >= 15 is 0 Å². The van der Waals surface area contributed by atoms with Crippen molar-refractivity contribution in [1.29, 1.82) is 0 Å². The minimum absolute atomic E-state index is 0.0668. The summed E-state index contributed by atoms with van der Waals surface area (Å²) in [5, 5.41) is 34.7. The highest BCUT2D eigenvalue weighted by atomic mass is 16.6. The lowest BCUT2D eigenvalue weighted by molar-refractivity contribution is 0.0696. The number of carboxylic acid groups (broad SMARTS) is 1. The van der Waals surface area contributed by atoms with Gasteiger partial charge in [-0.25, -0.2) is 4.79 Å². The van der Waals surface area contributed by atoms with Crippen LogP contribution in [0.25, 0.3) is 0 Å². The van der Waals surface area contributed by atoms with Crippen molar-refractivity contribution in [2.24, 2.45) is 0 Å². The maximum Gasteiger partial charge on any atom is 0.707 e. The van der Waals surface area contributed by atoms with Crippen molar-refractivity contribution in [3.8, 4) is 5.75 Å². The van der Waals surface area contributed by atoms with Crippen LogP contribution in [-0.4, -0.2) is 33.6 Å². The fourth-order valence-corrected chi connectivity index (χ4v) is 1.04. The topological polar surface area (TPSA) is 107 Å². The van der Waals surface area contributed by atoms with E-state index in [1.807, 2.05) is 0 Å². The van der Waals surface area contributed by atoms with Gasteiger partial charge in [0.15, 0.2) is 0 Å². The molecule has 0 aliphatic heterocycles. The molecule has 0 unspecified atom stereocenters. The normalized spacial score (nSPS) is 9.80. The lowest BCUT2D eigenvalue weighted by Gasteiger charge is -2.09. The van der Waals surface area contributed by atoms with E-state index in [4.69, 9.17) is 20.3 Å². The molecule has 0 radical (unpaired) electrons. The summed E-state index contributed by atoms with van der Waals surface area (Å²) in [5.74, 6) is -1.25. The molecule has 0 aromatic heterocycles. The second-order valence-corrected chi connectivity index (χ2v) is 2.73. The van der Waals surface area contributed by atoms with Crippen LogP contribution < -0.4 is 4.65 Å². The highest BCUT2D eigenvalue weighted by Gasteiger charge is 2.16. The fourth-order valence-electron chi connectivity index (χ4n) is 1.04. The zero-order valence-corrected chi connectivity index (χ0v) is 7.62. The summed E-state index contributed by atoms with van der Waals surface area (Å²) >= 11 is 0. The molecule has 0 amide bonds. The number of aliphatic hydroxyl groups is 1. The summed E-state index contributed by atoms with van der Waals surface area (Å²) in [5.41, 5.74) is 0.205. The molecule has 0 atom stereocenters. The van der Waals surface area contributed by atoms with Gasteiger partial charge in [-0.05, 0) is 12.1 Å². The van der Waals surface area contributed by atoms with Gasteiger partial charge in [-0.3, -0.25) is 0 Å². The molecule has 0 spiro atoms. The minimum atomic E-state index is -2.06. The van der Waals surface area contributed by atoms with E-state index in [9.17, 15) is 4.79 Å². The lowest BCUT2D eigenvalue weighted by atomic mass is 10.1. The van der Waals surface area contributed by atoms with Crippen molar-refractivity contribution in [2.75, 3.05) is 0 Å². The number of aromatic carboxylic acids is 1. The molecule has 80 valence electrons. The molecular weight excluding hydrogens is 203 g/mol. The largest absolute Gasteiger partial charge is 0.707 e. The molecule has 0 saturated carbocycles. The second kappa shape index (κ2) is 4.78. The van der Waals surface area contributed by atoms with Crippen molar-refractivity contribution < 1.29 is 29.7 Å². The Morgan fingerprint density at radius 3 is 2.53 bits per heavy atom. The molecule has 7 heteroatoms. The Morgan fingerprint density at radius 2 is 2.07 bits per heavy atom. The van der Waals surface area contributed by atoms with Crippen LogP contribution >= 0.6 is 0 Å². The first-order valence-corrected chi connectivity index (χ1v) is 4.04. The van der Waals surface area contributed by atoms with E-state index in [0.717, 1.165) is 6.07 Å². The van der Waals surface area contributed by atoms with Gasteiger partial charge in [0.1, 0.15) is 5.75 Å². The molecule has 0 saturated heterocycles.